The third-order valence-electron chi connectivity index (χ3n) is 4.74. The van der Waals surface area contributed by atoms with Gasteiger partial charge in [0.05, 0.1) is 0 Å². The fourth-order valence-corrected chi connectivity index (χ4v) is 3.81. The zero-order valence-corrected chi connectivity index (χ0v) is 17.8. The molecule has 29 heavy (non-hydrogen) atoms. The average Bonchev–Trinajstić information content (AvgIpc) is 2.74. The van der Waals surface area contributed by atoms with E-state index in [0.717, 1.165) is 50.9 Å². The molecule has 0 amide bonds. The Kier molecular flexibility index (Phi) is 10.7. The quantitative estimate of drug-likeness (QED) is 0.238. The van der Waals surface area contributed by atoms with Gasteiger partial charge in [-0.05, 0) is 30.4 Å². The second-order valence-corrected chi connectivity index (χ2v) is 8.12. The second-order valence-electron chi connectivity index (χ2n) is 6.98. The fraction of sp³-hybridized carbons (Fsp3) is 0.391. The minimum atomic E-state index is 0.204. The van der Waals surface area contributed by atoms with Crippen molar-refractivity contribution in [2.75, 3.05) is 18.8 Å². The van der Waals surface area contributed by atoms with Crippen molar-refractivity contribution in [2.24, 2.45) is 16.5 Å². The maximum Gasteiger partial charge on any atom is 0.188 e. The van der Waals surface area contributed by atoms with Crippen molar-refractivity contribution in [2.45, 2.75) is 38.0 Å². The molecule has 0 aliphatic heterocycles. The Morgan fingerprint density at radius 2 is 1.48 bits per heavy atom. The van der Waals surface area contributed by atoms with Crippen LogP contribution in [0, 0.1) is 5.41 Å². The fourth-order valence-electron chi connectivity index (χ4n) is 3.25. The van der Waals surface area contributed by atoms with Crippen LogP contribution < -0.4 is 16.8 Å². The first-order valence-electron chi connectivity index (χ1n) is 10.3. The summed E-state index contributed by atoms with van der Waals surface area (Å²) in [6.45, 7) is 1.53. The summed E-state index contributed by atoms with van der Waals surface area (Å²) in [6.07, 6.45) is 5.34. The van der Waals surface area contributed by atoms with E-state index in [0.29, 0.717) is 11.9 Å². The van der Waals surface area contributed by atoms with Gasteiger partial charge in [0.15, 0.2) is 11.1 Å². The lowest BCUT2D eigenvalue weighted by Crippen LogP contribution is -2.33. The molecule has 0 heterocycles. The van der Waals surface area contributed by atoms with Gasteiger partial charge in [0.2, 0.25) is 0 Å². The summed E-state index contributed by atoms with van der Waals surface area (Å²) in [4.78, 5) is 4.44. The maximum absolute atomic E-state index is 7.17. The predicted octanol–water partition coefficient (Wildman–Crippen LogP) is 4.30. The summed E-state index contributed by atoms with van der Waals surface area (Å²) in [5.74, 6) is 1.79. The molecule has 0 unspecified atom stereocenters. The van der Waals surface area contributed by atoms with E-state index < -0.39 is 0 Å². The van der Waals surface area contributed by atoms with Crippen LogP contribution in [0.5, 0.6) is 0 Å². The molecule has 0 radical (unpaired) electrons. The number of amidine groups is 1. The molecule has 0 spiro atoms. The highest BCUT2D eigenvalue weighted by Gasteiger charge is 2.13. The van der Waals surface area contributed by atoms with E-state index in [2.05, 4.69) is 71.0 Å². The Balaban J connectivity index is 1.70. The Morgan fingerprint density at radius 1 is 0.897 bits per heavy atom. The van der Waals surface area contributed by atoms with Gasteiger partial charge in [-0.3, -0.25) is 10.4 Å². The van der Waals surface area contributed by atoms with Crippen LogP contribution in [0.3, 0.4) is 0 Å². The molecule has 156 valence electrons. The highest BCUT2D eigenvalue weighted by molar-refractivity contribution is 8.13. The Labute approximate surface area is 178 Å². The van der Waals surface area contributed by atoms with Crippen molar-refractivity contribution in [3.63, 3.8) is 0 Å². The van der Waals surface area contributed by atoms with Crippen LogP contribution in [0.15, 0.2) is 65.7 Å². The van der Waals surface area contributed by atoms with E-state index in [9.17, 15) is 0 Å². The number of benzene rings is 2. The molecule has 2 aromatic carbocycles. The van der Waals surface area contributed by atoms with Crippen LogP contribution in [-0.2, 0) is 0 Å². The van der Waals surface area contributed by atoms with Crippen LogP contribution >= 0.6 is 11.8 Å². The molecule has 0 aliphatic carbocycles. The van der Waals surface area contributed by atoms with Crippen LogP contribution in [0.2, 0.25) is 0 Å². The molecular formula is C23H33N5S. The standard InChI is InChI=1S/C23H33N5S/c24-22(25)29-18-10-2-1-9-16-27-23(26)28-17-15-21(19-11-5-3-6-12-19)20-13-7-4-8-14-20/h3-8,11-14,21H,1-2,9-10,15-18H2,(H3,24,25)(H3,26,27,28). The average molecular weight is 412 g/mol. The Hall–Kier alpha value is -2.47. The predicted molar refractivity (Wildman–Crippen MR) is 127 cm³/mol. The first-order valence-corrected chi connectivity index (χ1v) is 11.3. The number of rotatable bonds is 12. The highest BCUT2D eigenvalue weighted by atomic mass is 32.2. The van der Waals surface area contributed by atoms with Gasteiger partial charge in [-0.15, -0.1) is 0 Å². The summed E-state index contributed by atoms with van der Waals surface area (Å²) in [5, 5.41) is 10.6. The number of nitrogens with zero attached hydrogens (tertiary/aromatic N) is 1. The first-order chi connectivity index (χ1) is 14.2. The van der Waals surface area contributed by atoms with Crippen LogP contribution in [0.1, 0.15) is 49.1 Å². The van der Waals surface area contributed by atoms with E-state index in [1.165, 1.54) is 22.9 Å². The number of hydrogen-bond donors (Lipinski definition) is 4. The van der Waals surface area contributed by atoms with Gasteiger partial charge in [-0.25, -0.2) is 0 Å². The lowest BCUT2D eigenvalue weighted by Gasteiger charge is -2.18. The molecule has 0 saturated carbocycles. The summed E-state index contributed by atoms with van der Waals surface area (Å²) in [7, 11) is 0. The molecule has 6 N–H and O–H groups in total. The summed E-state index contributed by atoms with van der Waals surface area (Å²) in [5.41, 5.74) is 14.0. The van der Waals surface area contributed by atoms with Gasteiger partial charge >= 0.3 is 0 Å². The van der Waals surface area contributed by atoms with Gasteiger partial charge in [-0.2, -0.15) is 0 Å². The van der Waals surface area contributed by atoms with Gasteiger partial charge in [0.1, 0.15) is 0 Å². The summed E-state index contributed by atoms with van der Waals surface area (Å²) >= 11 is 1.41. The van der Waals surface area contributed by atoms with E-state index in [4.69, 9.17) is 16.9 Å². The molecule has 0 bridgehead atoms. The van der Waals surface area contributed by atoms with Crippen molar-refractivity contribution in [3.8, 4) is 0 Å². The smallest absolute Gasteiger partial charge is 0.188 e. The molecule has 0 aromatic heterocycles. The molecular weight excluding hydrogens is 378 g/mol. The number of nitrogens with two attached hydrogens (primary N) is 2. The number of aliphatic imine (C=N–C) groups is 1. The molecule has 0 saturated heterocycles. The van der Waals surface area contributed by atoms with Crippen LogP contribution in [-0.4, -0.2) is 30.0 Å². The summed E-state index contributed by atoms with van der Waals surface area (Å²) in [6, 6.07) is 21.2. The van der Waals surface area contributed by atoms with Crippen LogP contribution in [0.25, 0.3) is 0 Å². The lowest BCUT2D eigenvalue weighted by atomic mass is 9.88. The van der Waals surface area contributed by atoms with Crippen molar-refractivity contribution in [1.82, 2.24) is 5.32 Å². The normalized spacial score (nSPS) is 11.6. The van der Waals surface area contributed by atoms with E-state index >= 15 is 0 Å². The van der Waals surface area contributed by atoms with E-state index in [1.807, 2.05) is 0 Å². The van der Waals surface area contributed by atoms with Crippen molar-refractivity contribution >= 4 is 22.9 Å². The molecule has 6 heteroatoms. The number of thioether (sulfide) groups is 1. The van der Waals surface area contributed by atoms with Crippen molar-refractivity contribution in [1.29, 1.82) is 5.41 Å². The van der Waals surface area contributed by atoms with Crippen LogP contribution in [0.4, 0.5) is 0 Å². The van der Waals surface area contributed by atoms with E-state index in [1.54, 1.807) is 0 Å². The number of guanidine groups is 1. The Bertz CT molecular complexity index is 694. The van der Waals surface area contributed by atoms with Gasteiger partial charge in [0.25, 0.3) is 0 Å². The summed E-state index contributed by atoms with van der Waals surface area (Å²) < 4.78 is 0. The maximum atomic E-state index is 7.17. The second kappa shape index (κ2) is 13.7. The molecule has 2 aromatic rings. The molecule has 0 fully saturated rings. The molecule has 0 aliphatic rings. The third kappa shape index (κ3) is 9.52. The van der Waals surface area contributed by atoms with Crippen molar-refractivity contribution in [3.05, 3.63) is 71.8 Å². The SMILES string of the molecule is N=C(N)SCCCCCCN=C(N)NCCC(c1ccccc1)c1ccccc1. The molecule has 2 rings (SSSR count). The minimum Gasteiger partial charge on any atom is -0.379 e. The van der Waals surface area contributed by atoms with Crippen molar-refractivity contribution < 1.29 is 0 Å². The first kappa shape index (κ1) is 22.8. The monoisotopic (exact) mass is 411 g/mol. The Morgan fingerprint density at radius 3 is 2.07 bits per heavy atom. The zero-order chi connectivity index (χ0) is 20.7. The topological polar surface area (TPSA) is 100 Å². The highest BCUT2D eigenvalue weighted by Crippen LogP contribution is 2.27. The number of hydrogen-bond acceptors (Lipinski definition) is 3. The van der Waals surface area contributed by atoms with Gasteiger partial charge in [0, 0.05) is 24.8 Å². The van der Waals surface area contributed by atoms with E-state index in [-0.39, 0.29) is 5.17 Å². The zero-order valence-electron chi connectivity index (χ0n) is 17.0. The lowest BCUT2D eigenvalue weighted by molar-refractivity contribution is 0.670. The largest absolute Gasteiger partial charge is 0.379 e. The molecule has 0 atom stereocenters. The number of unbranched alkanes of at least 4 members (excludes halogenated alkanes) is 3. The minimum absolute atomic E-state index is 0.204. The van der Waals surface area contributed by atoms with Gasteiger partial charge in [-0.1, -0.05) is 85.3 Å². The number of nitrogens with one attached hydrogen (secondary N) is 2. The van der Waals surface area contributed by atoms with Gasteiger partial charge < -0.3 is 16.8 Å². The molecule has 5 nitrogen and oxygen atoms in total. The third-order valence-corrected chi connectivity index (χ3v) is 5.54.